The Morgan fingerprint density at radius 2 is 1.75 bits per heavy atom. The van der Waals surface area contributed by atoms with E-state index in [9.17, 15) is 0 Å². The lowest BCUT2D eigenvalue weighted by molar-refractivity contribution is 0.177. The third-order valence-electron chi connectivity index (χ3n) is 2.98. The van der Waals surface area contributed by atoms with Crippen molar-refractivity contribution in [3.05, 3.63) is 0 Å². The predicted octanol–water partition coefficient (Wildman–Crippen LogP) is 2.57. The van der Waals surface area contributed by atoms with Gasteiger partial charge in [0.25, 0.3) is 0 Å². The standard InChI is InChI=1S/C14H27N5O/c1-7-19(8-2)13-16-12(15-6)17-14(18-13)20-11(5)9-10(3)4/h10-11H,7-9H2,1-6H3,(H,15,16,17,18). The van der Waals surface area contributed by atoms with Gasteiger partial charge in [-0.1, -0.05) is 13.8 Å². The summed E-state index contributed by atoms with van der Waals surface area (Å²) in [5.74, 6) is 1.77. The normalized spacial score (nSPS) is 12.3. The summed E-state index contributed by atoms with van der Waals surface area (Å²) in [5, 5.41) is 2.96. The van der Waals surface area contributed by atoms with E-state index < -0.39 is 0 Å². The third kappa shape index (κ3) is 4.83. The molecule has 0 aliphatic rings. The maximum absolute atomic E-state index is 5.82. The maximum atomic E-state index is 5.82. The molecule has 1 aromatic rings. The summed E-state index contributed by atoms with van der Waals surface area (Å²) >= 11 is 0. The van der Waals surface area contributed by atoms with E-state index in [1.165, 1.54) is 0 Å². The molecule has 6 heteroatoms. The number of hydrogen-bond donors (Lipinski definition) is 1. The van der Waals surface area contributed by atoms with Gasteiger partial charge in [0.05, 0.1) is 6.10 Å². The molecule has 20 heavy (non-hydrogen) atoms. The van der Waals surface area contributed by atoms with E-state index in [2.05, 4.69) is 52.9 Å². The van der Waals surface area contributed by atoms with Gasteiger partial charge in [-0.15, -0.1) is 0 Å². The van der Waals surface area contributed by atoms with Gasteiger partial charge in [0.2, 0.25) is 11.9 Å². The molecule has 0 saturated carbocycles. The van der Waals surface area contributed by atoms with Crippen LogP contribution < -0.4 is 15.0 Å². The Balaban J connectivity index is 2.92. The van der Waals surface area contributed by atoms with Gasteiger partial charge in [-0.3, -0.25) is 0 Å². The summed E-state index contributed by atoms with van der Waals surface area (Å²) in [6, 6.07) is 0.388. The topological polar surface area (TPSA) is 63.2 Å². The van der Waals surface area contributed by atoms with Crippen molar-refractivity contribution in [1.29, 1.82) is 0 Å². The van der Waals surface area contributed by atoms with Crippen LogP contribution in [0.25, 0.3) is 0 Å². The number of hydrogen-bond acceptors (Lipinski definition) is 6. The molecule has 1 aromatic heterocycles. The minimum absolute atomic E-state index is 0.0895. The molecule has 0 bridgehead atoms. The fraction of sp³-hybridized carbons (Fsp3) is 0.786. The van der Waals surface area contributed by atoms with E-state index in [4.69, 9.17) is 4.74 Å². The molecular weight excluding hydrogens is 254 g/mol. The highest BCUT2D eigenvalue weighted by molar-refractivity contribution is 5.37. The van der Waals surface area contributed by atoms with Crippen LogP contribution in [0.2, 0.25) is 0 Å². The molecule has 0 aromatic carbocycles. The number of nitrogens with one attached hydrogen (secondary N) is 1. The fourth-order valence-corrected chi connectivity index (χ4v) is 2.05. The molecule has 0 amide bonds. The summed E-state index contributed by atoms with van der Waals surface area (Å²) in [4.78, 5) is 15.1. The van der Waals surface area contributed by atoms with Gasteiger partial charge >= 0.3 is 6.01 Å². The molecule has 0 aliphatic carbocycles. The number of aromatic nitrogens is 3. The fourth-order valence-electron chi connectivity index (χ4n) is 2.05. The Kier molecular flexibility index (Phi) is 6.48. The second-order valence-electron chi connectivity index (χ2n) is 5.22. The zero-order valence-corrected chi connectivity index (χ0v) is 13.5. The molecular formula is C14H27N5O. The van der Waals surface area contributed by atoms with Crippen LogP contribution >= 0.6 is 0 Å². The van der Waals surface area contributed by atoms with E-state index in [-0.39, 0.29) is 6.10 Å². The molecule has 1 heterocycles. The molecule has 0 saturated heterocycles. The second kappa shape index (κ2) is 7.87. The minimum atomic E-state index is 0.0895. The smallest absolute Gasteiger partial charge is 0.323 e. The number of ether oxygens (including phenoxy) is 1. The highest BCUT2D eigenvalue weighted by Crippen LogP contribution is 2.17. The van der Waals surface area contributed by atoms with Crippen molar-refractivity contribution in [2.75, 3.05) is 30.4 Å². The van der Waals surface area contributed by atoms with Crippen molar-refractivity contribution >= 4 is 11.9 Å². The third-order valence-corrected chi connectivity index (χ3v) is 2.98. The van der Waals surface area contributed by atoms with Gasteiger partial charge in [0.15, 0.2) is 0 Å². The molecule has 0 fully saturated rings. The Labute approximate surface area is 122 Å². The van der Waals surface area contributed by atoms with Gasteiger partial charge < -0.3 is 15.0 Å². The van der Waals surface area contributed by atoms with Crippen molar-refractivity contribution in [3.8, 4) is 6.01 Å². The highest BCUT2D eigenvalue weighted by atomic mass is 16.5. The van der Waals surface area contributed by atoms with E-state index in [0.717, 1.165) is 19.5 Å². The minimum Gasteiger partial charge on any atom is -0.460 e. The molecule has 114 valence electrons. The van der Waals surface area contributed by atoms with E-state index >= 15 is 0 Å². The quantitative estimate of drug-likeness (QED) is 0.790. The summed E-state index contributed by atoms with van der Waals surface area (Å²) in [6.45, 7) is 12.2. The zero-order chi connectivity index (χ0) is 15.1. The first-order valence-corrected chi connectivity index (χ1v) is 7.35. The van der Waals surface area contributed by atoms with Crippen LogP contribution in [0.4, 0.5) is 11.9 Å². The van der Waals surface area contributed by atoms with Crippen LogP contribution in [0.1, 0.15) is 41.0 Å². The molecule has 6 nitrogen and oxygen atoms in total. The maximum Gasteiger partial charge on any atom is 0.323 e. The van der Waals surface area contributed by atoms with Crippen molar-refractivity contribution < 1.29 is 4.74 Å². The Morgan fingerprint density at radius 1 is 1.10 bits per heavy atom. The predicted molar refractivity (Wildman–Crippen MR) is 82.5 cm³/mol. The largest absolute Gasteiger partial charge is 0.460 e. The Bertz CT molecular complexity index is 407. The van der Waals surface area contributed by atoms with Crippen molar-refractivity contribution in [2.45, 2.75) is 47.1 Å². The van der Waals surface area contributed by atoms with Crippen molar-refractivity contribution in [1.82, 2.24) is 15.0 Å². The van der Waals surface area contributed by atoms with E-state index in [0.29, 0.717) is 23.8 Å². The molecule has 1 rings (SSSR count). The van der Waals surface area contributed by atoms with Gasteiger partial charge in [0.1, 0.15) is 0 Å². The molecule has 1 atom stereocenters. The zero-order valence-electron chi connectivity index (χ0n) is 13.5. The molecule has 1 unspecified atom stereocenters. The molecule has 0 aliphatic heterocycles. The van der Waals surface area contributed by atoms with Crippen molar-refractivity contribution in [3.63, 3.8) is 0 Å². The summed E-state index contributed by atoms with van der Waals surface area (Å²) in [5.41, 5.74) is 0. The lowest BCUT2D eigenvalue weighted by Crippen LogP contribution is -2.25. The number of anilines is 2. The SMILES string of the molecule is CCN(CC)c1nc(NC)nc(OC(C)CC(C)C)n1. The first-order chi connectivity index (χ1) is 9.49. The van der Waals surface area contributed by atoms with Gasteiger partial charge in [-0.05, 0) is 33.1 Å². The summed E-state index contributed by atoms with van der Waals surface area (Å²) < 4.78 is 5.82. The first kappa shape index (κ1) is 16.5. The van der Waals surface area contributed by atoms with E-state index in [1.54, 1.807) is 7.05 Å². The number of nitrogens with zero attached hydrogens (tertiary/aromatic N) is 4. The van der Waals surface area contributed by atoms with Gasteiger partial charge in [0, 0.05) is 20.1 Å². The van der Waals surface area contributed by atoms with Crippen molar-refractivity contribution in [2.24, 2.45) is 5.92 Å². The van der Waals surface area contributed by atoms with Gasteiger partial charge in [-0.2, -0.15) is 15.0 Å². The molecule has 1 N–H and O–H groups in total. The monoisotopic (exact) mass is 281 g/mol. The first-order valence-electron chi connectivity index (χ1n) is 7.35. The number of rotatable bonds is 8. The molecule has 0 radical (unpaired) electrons. The average Bonchev–Trinajstić information content (AvgIpc) is 2.38. The Hall–Kier alpha value is -1.59. The Morgan fingerprint density at radius 3 is 2.25 bits per heavy atom. The van der Waals surface area contributed by atoms with Crippen LogP contribution in [0.15, 0.2) is 0 Å². The van der Waals surface area contributed by atoms with Gasteiger partial charge in [-0.25, -0.2) is 0 Å². The second-order valence-corrected chi connectivity index (χ2v) is 5.22. The lowest BCUT2D eigenvalue weighted by Gasteiger charge is -2.20. The van der Waals surface area contributed by atoms with Crippen LogP contribution in [0.5, 0.6) is 6.01 Å². The van der Waals surface area contributed by atoms with E-state index in [1.807, 2.05) is 6.92 Å². The van der Waals surface area contributed by atoms with Crippen LogP contribution in [0, 0.1) is 5.92 Å². The highest BCUT2D eigenvalue weighted by Gasteiger charge is 2.14. The lowest BCUT2D eigenvalue weighted by atomic mass is 10.1. The average molecular weight is 281 g/mol. The summed E-state index contributed by atoms with van der Waals surface area (Å²) in [6.07, 6.45) is 1.06. The van der Waals surface area contributed by atoms with Crippen LogP contribution in [-0.2, 0) is 0 Å². The molecule has 0 spiro atoms. The van der Waals surface area contributed by atoms with Crippen LogP contribution in [-0.4, -0.2) is 41.2 Å². The summed E-state index contributed by atoms with van der Waals surface area (Å²) in [7, 11) is 1.79. The van der Waals surface area contributed by atoms with Crippen LogP contribution in [0.3, 0.4) is 0 Å².